The molecular formula is C21H32N4O4S. The van der Waals surface area contributed by atoms with Gasteiger partial charge in [0.05, 0.1) is 24.5 Å². The zero-order chi connectivity index (χ0) is 21.3. The minimum Gasteiger partial charge on any atom is -0.333 e. The molecule has 1 N–H and O–H groups in total. The quantitative estimate of drug-likeness (QED) is 0.761. The van der Waals surface area contributed by atoms with Crippen molar-refractivity contribution in [3.05, 3.63) is 27.4 Å². The Morgan fingerprint density at radius 3 is 2.60 bits per heavy atom. The Hall–Kier alpha value is -1.74. The minimum atomic E-state index is -3.34. The third-order valence-corrected chi connectivity index (χ3v) is 8.16. The number of amides is 1. The van der Waals surface area contributed by atoms with Gasteiger partial charge in [0.25, 0.3) is 5.56 Å². The summed E-state index contributed by atoms with van der Waals surface area (Å²) < 4.78 is 25.3. The molecule has 1 saturated carbocycles. The number of nitrogens with one attached hydrogen (secondary N) is 1. The van der Waals surface area contributed by atoms with Crippen LogP contribution in [0.3, 0.4) is 0 Å². The van der Waals surface area contributed by atoms with Crippen LogP contribution in [0.2, 0.25) is 0 Å². The maximum atomic E-state index is 13.0. The van der Waals surface area contributed by atoms with Gasteiger partial charge in [0.2, 0.25) is 15.9 Å². The van der Waals surface area contributed by atoms with Crippen LogP contribution < -0.4 is 5.56 Å². The lowest BCUT2D eigenvalue weighted by molar-refractivity contribution is -0.135. The largest absolute Gasteiger partial charge is 0.333 e. The van der Waals surface area contributed by atoms with Crippen molar-refractivity contribution < 1.29 is 13.2 Å². The number of aromatic nitrogens is 2. The Morgan fingerprint density at radius 2 is 1.87 bits per heavy atom. The molecule has 1 amide bonds. The van der Waals surface area contributed by atoms with Crippen LogP contribution in [0.15, 0.2) is 4.79 Å². The number of likely N-dealkylation sites (tertiary alicyclic amines) is 1. The molecule has 1 atom stereocenters. The minimum absolute atomic E-state index is 0.118. The molecule has 3 aliphatic rings. The molecule has 2 aliphatic heterocycles. The summed E-state index contributed by atoms with van der Waals surface area (Å²) in [7, 11) is -3.34. The van der Waals surface area contributed by atoms with Crippen LogP contribution in [0.4, 0.5) is 0 Å². The summed E-state index contributed by atoms with van der Waals surface area (Å²) in [6.07, 6.45) is 10.8. The summed E-state index contributed by atoms with van der Waals surface area (Å²) in [4.78, 5) is 35.2. The van der Waals surface area contributed by atoms with Gasteiger partial charge in [0, 0.05) is 25.1 Å². The van der Waals surface area contributed by atoms with Crippen LogP contribution in [0, 0.1) is 5.92 Å². The molecule has 9 heteroatoms. The number of carbonyl (C=O) groups is 1. The van der Waals surface area contributed by atoms with Gasteiger partial charge in [-0.15, -0.1) is 0 Å². The Balaban J connectivity index is 1.54. The van der Waals surface area contributed by atoms with Crippen molar-refractivity contribution in [1.29, 1.82) is 0 Å². The number of H-pyrrole nitrogens is 1. The van der Waals surface area contributed by atoms with Crippen molar-refractivity contribution in [2.45, 2.75) is 76.8 Å². The molecule has 4 rings (SSSR count). The van der Waals surface area contributed by atoms with Gasteiger partial charge >= 0.3 is 0 Å². The van der Waals surface area contributed by atoms with Crippen molar-refractivity contribution >= 4 is 15.9 Å². The molecule has 8 nitrogen and oxygen atoms in total. The zero-order valence-corrected chi connectivity index (χ0v) is 18.5. The number of rotatable bonds is 5. The first-order valence-electron chi connectivity index (χ1n) is 11.2. The van der Waals surface area contributed by atoms with E-state index in [9.17, 15) is 18.0 Å². The highest BCUT2D eigenvalue weighted by molar-refractivity contribution is 7.88. The van der Waals surface area contributed by atoms with E-state index in [-0.39, 0.29) is 24.1 Å². The lowest BCUT2D eigenvalue weighted by Gasteiger charge is -2.36. The van der Waals surface area contributed by atoms with E-state index in [4.69, 9.17) is 0 Å². The summed E-state index contributed by atoms with van der Waals surface area (Å²) in [6, 6.07) is -0.235. The number of nitrogens with zero attached hydrogens (tertiary/aromatic N) is 3. The van der Waals surface area contributed by atoms with E-state index >= 15 is 0 Å². The Morgan fingerprint density at radius 1 is 1.13 bits per heavy atom. The second-order valence-corrected chi connectivity index (χ2v) is 11.0. The van der Waals surface area contributed by atoms with E-state index < -0.39 is 10.0 Å². The van der Waals surface area contributed by atoms with Gasteiger partial charge in [-0.05, 0) is 38.0 Å². The van der Waals surface area contributed by atoms with Crippen molar-refractivity contribution in [2.75, 3.05) is 19.3 Å². The number of carbonyl (C=O) groups excluding carboxylic acids is 1. The number of piperidine rings is 1. The number of hydrogen-bond donors (Lipinski definition) is 1. The highest BCUT2D eigenvalue weighted by Crippen LogP contribution is 2.32. The number of aromatic amines is 1. The maximum absolute atomic E-state index is 13.0. The van der Waals surface area contributed by atoms with Crippen molar-refractivity contribution in [2.24, 2.45) is 5.92 Å². The molecule has 1 aromatic heterocycles. The van der Waals surface area contributed by atoms with Gasteiger partial charge in [-0.2, -0.15) is 4.31 Å². The molecule has 1 saturated heterocycles. The smallest absolute Gasteiger partial charge is 0.254 e. The van der Waals surface area contributed by atoms with E-state index in [1.807, 2.05) is 4.90 Å². The average molecular weight is 437 g/mol. The van der Waals surface area contributed by atoms with Gasteiger partial charge in [-0.25, -0.2) is 13.4 Å². The molecule has 0 spiro atoms. The Bertz CT molecular complexity index is 952. The van der Waals surface area contributed by atoms with Crippen molar-refractivity contribution in [1.82, 2.24) is 19.2 Å². The fraction of sp³-hybridized carbons (Fsp3) is 0.762. The fourth-order valence-corrected chi connectivity index (χ4v) is 5.94. The summed E-state index contributed by atoms with van der Waals surface area (Å²) in [5.41, 5.74) is 0.884. The molecule has 1 unspecified atom stereocenters. The van der Waals surface area contributed by atoms with Gasteiger partial charge in [0.15, 0.2) is 0 Å². The van der Waals surface area contributed by atoms with Gasteiger partial charge < -0.3 is 9.88 Å². The molecule has 2 fully saturated rings. The van der Waals surface area contributed by atoms with Gasteiger partial charge in [-0.1, -0.05) is 25.7 Å². The summed E-state index contributed by atoms with van der Waals surface area (Å²) in [6.45, 7) is 1.10. The lowest BCUT2D eigenvalue weighted by atomic mass is 9.97. The van der Waals surface area contributed by atoms with E-state index in [0.717, 1.165) is 25.7 Å². The topological polar surface area (TPSA) is 103 Å². The van der Waals surface area contributed by atoms with E-state index in [0.29, 0.717) is 48.9 Å². The van der Waals surface area contributed by atoms with Crippen LogP contribution in [-0.4, -0.2) is 52.8 Å². The normalized spacial score (nSPS) is 23.5. The molecule has 0 aromatic carbocycles. The lowest BCUT2D eigenvalue weighted by Crippen LogP contribution is -2.42. The van der Waals surface area contributed by atoms with E-state index in [1.54, 1.807) is 0 Å². The van der Waals surface area contributed by atoms with Gasteiger partial charge in [-0.3, -0.25) is 9.59 Å². The predicted octanol–water partition coefficient (Wildman–Crippen LogP) is 2.11. The SMILES string of the molecule is CS(=O)(=O)N1CCc2c(nc(C3CCCCN3C(=O)CCC3CCCC3)[nH]c2=O)C1. The number of sulfonamides is 1. The summed E-state index contributed by atoms with van der Waals surface area (Å²) in [5, 5.41) is 0. The molecule has 0 bridgehead atoms. The highest BCUT2D eigenvalue weighted by Gasteiger charge is 2.32. The van der Waals surface area contributed by atoms with Gasteiger partial charge in [0.1, 0.15) is 5.82 Å². The molecule has 166 valence electrons. The third kappa shape index (κ3) is 4.61. The first-order valence-corrected chi connectivity index (χ1v) is 13.0. The standard InChI is InChI=1S/C21H32N4O4S/c1-30(28,29)24-13-11-16-17(14-24)22-20(23-21(16)27)18-8-4-5-12-25(18)19(26)10-9-15-6-2-3-7-15/h15,18H,2-14H2,1H3,(H,22,23,27). The molecule has 30 heavy (non-hydrogen) atoms. The summed E-state index contributed by atoms with van der Waals surface area (Å²) >= 11 is 0. The van der Waals surface area contributed by atoms with Crippen molar-refractivity contribution in [3.8, 4) is 0 Å². The van der Waals surface area contributed by atoms with E-state index in [1.165, 1.54) is 36.2 Å². The van der Waals surface area contributed by atoms with Crippen molar-refractivity contribution in [3.63, 3.8) is 0 Å². The summed E-state index contributed by atoms with van der Waals surface area (Å²) in [5.74, 6) is 1.31. The predicted molar refractivity (Wildman–Crippen MR) is 113 cm³/mol. The van der Waals surface area contributed by atoms with Crippen LogP contribution in [-0.2, 0) is 27.8 Å². The van der Waals surface area contributed by atoms with Crippen LogP contribution >= 0.6 is 0 Å². The Kier molecular flexibility index (Phi) is 6.29. The highest BCUT2D eigenvalue weighted by atomic mass is 32.2. The zero-order valence-electron chi connectivity index (χ0n) is 17.7. The first kappa shape index (κ1) is 21.5. The number of hydrogen-bond acceptors (Lipinski definition) is 5. The third-order valence-electron chi connectivity index (χ3n) is 6.91. The molecule has 3 heterocycles. The van der Waals surface area contributed by atoms with Crippen LogP contribution in [0.25, 0.3) is 0 Å². The van der Waals surface area contributed by atoms with Crippen LogP contribution in [0.5, 0.6) is 0 Å². The average Bonchev–Trinajstić information content (AvgIpc) is 3.24. The molecule has 1 aromatic rings. The molecular weight excluding hydrogens is 404 g/mol. The monoisotopic (exact) mass is 436 g/mol. The van der Waals surface area contributed by atoms with E-state index in [2.05, 4.69) is 9.97 Å². The van der Waals surface area contributed by atoms with Crippen LogP contribution in [0.1, 0.15) is 80.9 Å². The molecule has 1 aliphatic carbocycles. The second kappa shape index (κ2) is 8.78. The first-order chi connectivity index (χ1) is 14.3. The Labute approximate surface area is 178 Å². The fourth-order valence-electron chi connectivity index (χ4n) is 5.16. The number of fused-ring (bicyclic) bond motifs is 1. The second-order valence-electron chi connectivity index (χ2n) is 9.01. The maximum Gasteiger partial charge on any atom is 0.254 e. The molecule has 0 radical (unpaired) electrons.